The van der Waals surface area contributed by atoms with Gasteiger partial charge in [0.25, 0.3) is 0 Å². The number of fused-ring (bicyclic) bond motifs is 1. The van der Waals surface area contributed by atoms with E-state index in [4.69, 9.17) is 4.42 Å². The Morgan fingerprint density at radius 2 is 2.35 bits per heavy atom. The average molecular weight is 274 g/mol. The quantitative estimate of drug-likeness (QED) is 0.852. The average Bonchev–Trinajstić information content (AvgIpc) is 2.80. The normalized spacial score (nSPS) is 12.4. The van der Waals surface area contributed by atoms with Crippen molar-refractivity contribution in [1.29, 1.82) is 0 Å². The molecular formula is C14H15FN4O. The first kappa shape index (κ1) is 14.1. The minimum atomic E-state index is -0.463. The molecule has 0 aliphatic heterocycles. The Kier molecular flexibility index (Phi) is 4.37. The predicted octanol–water partition coefficient (Wildman–Crippen LogP) is 2.46. The summed E-state index contributed by atoms with van der Waals surface area (Å²) in [6, 6.07) is 3.10. The SMILES string of the molecule is C=N/C=C\C(=N/CNC)c1cc(F)c2oc(C)nc2c1. The van der Waals surface area contributed by atoms with Gasteiger partial charge in [-0.25, -0.2) is 9.37 Å². The molecule has 0 aliphatic rings. The van der Waals surface area contributed by atoms with Crippen molar-refractivity contribution in [2.24, 2.45) is 9.98 Å². The minimum Gasteiger partial charge on any atom is -0.438 e. The summed E-state index contributed by atoms with van der Waals surface area (Å²) in [7, 11) is 1.78. The number of rotatable bonds is 5. The van der Waals surface area contributed by atoms with Crippen LogP contribution in [0.15, 0.2) is 38.8 Å². The van der Waals surface area contributed by atoms with Gasteiger partial charge in [0.15, 0.2) is 17.3 Å². The topological polar surface area (TPSA) is 62.8 Å². The van der Waals surface area contributed by atoms with Crippen molar-refractivity contribution in [1.82, 2.24) is 10.3 Å². The van der Waals surface area contributed by atoms with Crippen LogP contribution in [-0.2, 0) is 0 Å². The summed E-state index contributed by atoms with van der Waals surface area (Å²) in [4.78, 5) is 12.1. The van der Waals surface area contributed by atoms with Crippen LogP contribution in [0.2, 0.25) is 0 Å². The summed E-state index contributed by atoms with van der Waals surface area (Å²) in [5.74, 6) is -0.0386. The smallest absolute Gasteiger partial charge is 0.192 e. The number of nitrogens with one attached hydrogen (secondary N) is 1. The van der Waals surface area contributed by atoms with Gasteiger partial charge in [0.1, 0.15) is 5.52 Å². The van der Waals surface area contributed by atoms with Crippen molar-refractivity contribution in [3.63, 3.8) is 0 Å². The van der Waals surface area contributed by atoms with E-state index >= 15 is 0 Å². The third-order valence-electron chi connectivity index (χ3n) is 2.59. The second kappa shape index (κ2) is 6.21. The third kappa shape index (κ3) is 2.97. The van der Waals surface area contributed by atoms with Crippen molar-refractivity contribution in [2.45, 2.75) is 6.92 Å². The van der Waals surface area contributed by atoms with Crippen molar-refractivity contribution in [3.05, 3.63) is 41.7 Å². The fraction of sp³-hybridized carbons (Fsp3) is 0.214. The van der Waals surface area contributed by atoms with Crippen LogP contribution in [0, 0.1) is 12.7 Å². The second-order valence-corrected chi connectivity index (χ2v) is 4.09. The number of allylic oxidation sites excluding steroid dienone is 1. The van der Waals surface area contributed by atoms with Crippen LogP contribution in [0.5, 0.6) is 0 Å². The zero-order valence-corrected chi connectivity index (χ0v) is 11.4. The summed E-state index contributed by atoms with van der Waals surface area (Å²) in [5, 5.41) is 2.90. The highest BCUT2D eigenvalue weighted by Crippen LogP contribution is 2.21. The number of oxazole rings is 1. The Balaban J connectivity index is 2.52. The molecule has 1 N–H and O–H groups in total. The first-order chi connectivity index (χ1) is 9.65. The molecule has 2 aromatic rings. The summed E-state index contributed by atoms with van der Waals surface area (Å²) < 4.78 is 19.2. The van der Waals surface area contributed by atoms with E-state index in [9.17, 15) is 4.39 Å². The molecule has 1 heterocycles. The fourth-order valence-electron chi connectivity index (χ4n) is 1.78. The highest BCUT2D eigenvalue weighted by Gasteiger charge is 2.12. The van der Waals surface area contributed by atoms with Gasteiger partial charge in [0.2, 0.25) is 0 Å². The first-order valence-corrected chi connectivity index (χ1v) is 6.04. The lowest BCUT2D eigenvalue weighted by Crippen LogP contribution is -2.08. The van der Waals surface area contributed by atoms with Gasteiger partial charge in [-0.2, -0.15) is 0 Å². The van der Waals surface area contributed by atoms with E-state index in [1.165, 1.54) is 12.3 Å². The van der Waals surface area contributed by atoms with E-state index < -0.39 is 5.82 Å². The Morgan fingerprint density at radius 1 is 1.55 bits per heavy atom. The molecule has 5 nitrogen and oxygen atoms in total. The largest absolute Gasteiger partial charge is 0.438 e. The molecule has 0 saturated carbocycles. The zero-order valence-electron chi connectivity index (χ0n) is 11.4. The van der Waals surface area contributed by atoms with Crippen LogP contribution < -0.4 is 5.32 Å². The van der Waals surface area contributed by atoms with Gasteiger partial charge in [-0.15, -0.1) is 0 Å². The number of aliphatic imine (C=N–C) groups is 2. The molecule has 1 aromatic heterocycles. The van der Waals surface area contributed by atoms with Gasteiger partial charge >= 0.3 is 0 Å². The molecule has 0 amide bonds. The number of aromatic nitrogens is 1. The Morgan fingerprint density at radius 3 is 3.05 bits per heavy atom. The molecular weight excluding hydrogens is 259 g/mol. The summed E-state index contributed by atoms with van der Waals surface area (Å²) in [6.07, 6.45) is 3.17. The summed E-state index contributed by atoms with van der Waals surface area (Å²) in [5.41, 5.74) is 1.83. The monoisotopic (exact) mass is 274 g/mol. The van der Waals surface area contributed by atoms with Gasteiger partial charge in [-0.3, -0.25) is 9.98 Å². The molecule has 104 valence electrons. The molecule has 0 atom stereocenters. The number of hydrogen-bond acceptors (Lipinski definition) is 5. The van der Waals surface area contributed by atoms with E-state index in [-0.39, 0.29) is 5.58 Å². The van der Waals surface area contributed by atoms with Gasteiger partial charge in [0.05, 0.1) is 12.4 Å². The maximum Gasteiger partial charge on any atom is 0.192 e. The van der Waals surface area contributed by atoms with Gasteiger partial charge < -0.3 is 9.73 Å². The van der Waals surface area contributed by atoms with Gasteiger partial charge in [-0.05, 0) is 32.0 Å². The maximum absolute atomic E-state index is 14.0. The van der Waals surface area contributed by atoms with Crippen LogP contribution in [0.25, 0.3) is 11.1 Å². The molecule has 2 rings (SSSR count). The highest BCUT2D eigenvalue weighted by molar-refractivity contribution is 6.10. The van der Waals surface area contributed by atoms with Gasteiger partial charge in [0, 0.05) is 18.7 Å². The molecule has 0 bridgehead atoms. The summed E-state index contributed by atoms with van der Waals surface area (Å²) in [6.45, 7) is 5.46. The van der Waals surface area contributed by atoms with E-state index in [2.05, 4.69) is 27.0 Å². The van der Waals surface area contributed by atoms with Crippen LogP contribution >= 0.6 is 0 Å². The molecule has 20 heavy (non-hydrogen) atoms. The number of nitrogens with zero attached hydrogens (tertiary/aromatic N) is 3. The number of hydrogen-bond donors (Lipinski definition) is 1. The Hall–Kier alpha value is -2.34. The Bertz CT molecular complexity index is 688. The minimum absolute atomic E-state index is 0.157. The highest BCUT2D eigenvalue weighted by atomic mass is 19.1. The molecule has 0 unspecified atom stereocenters. The van der Waals surface area contributed by atoms with E-state index in [1.807, 2.05) is 0 Å². The lowest BCUT2D eigenvalue weighted by molar-refractivity contribution is 0.528. The predicted molar refractivity (Wildman–Crippen MR) is 77.9 cm³/mol. The number of halogens is 1. The Labute approximate surface area is 115 Å². The molecule has 0 spiro atoms. The maximum atomic E-state index is 14.0. The van der Waals surface area contributed by atoms with Gasteiger partial charge in [-0.1, -0.05) is 0 Å². The van der Waals surface area contributed by atoms with E-state index in [0.717, 1.165) is 0 Å². The van der Waals surface area contributed by atoms with Crippen molar-refractivity contribution in [2.75, 3.05) is 13.7 Å². The third-order valence-corrected chi connectivity index (χ3v) is 2.59. The molecule has 0 fully saturated rings. The molecule has 1 aromatic carbocycles. The lowest BCUT2D eigenvalue weighted by atomic mass is 10.1. The van der Waals surface area contributed by atoms with E-state index in [0.29, 0.717) is 29.4 Å². The van der Waals surface area contributed by atoms with Crippen LogP contribution in [0.4, 0.5) is 4.39 Å². The van der Waals surface area contributed by atoms with Crippen molar-refractivity contribution < 1.29 is 8.81 Å². The van der Waals surface area contributed by atoms with Crippen LogP contribution in [0.1, 0.15) is 11.5 Å². The standard InChI is InChI=1S/C14H15FN4O/c1-9-19-13-7-10(6-11(15)14(13)20-9)12(4-5-16-2)18-8-17-3/h4-7,17H,2,8H2,1,3H3/b5-4-,18-12+. The fourth-order valence-corrected chi connectivity index (χ4v) is 1.78. The number of aryl methyl sites for hydroxylation is 1. The van der Waals surface area contributed by atoms with Crippen molar-refractivity contribution >= 4 is 23.5 Å². The van der Waals surface area contributed by atoms with Crippen LogP contribution in [-0.4, -0.2) is 31.1 Å². The number of benzene rings is 1. The lowest BCUT2D eigenvalue weighted by Gasteiger charge is -2.02. The molecule has 6 heteroatoms. The molecule has 0 aliphatic carbocycles. The van der Waals surface area contributed by atoms with Crippen molar-refractivity contribution in [3.8, 4) is 0 Å². The van der Waals surface area contributed by atoms with Crippen LogP contribution in [0.3, 0.4) is 0 Å². The summed E-state index contributed by atoms with van der Waals surface area (Å²) >= 11 is 0. The van der Waals surface area contributed by atoms with E-state index in [1.54, 1.807) is 26.1 Å². The second-order valence-electron chi connectivity index (χ2n) is 4.09. The first-order valence-electron chi connectivity index (χ1n) is 6.04. The molecule has 0 saturated heterocycles. The zero-order chi connectivity index (χ0) is 14.5. The molecule has 0 radical (unpaired) electrons.